The topological polar surface area (TPSA) is 147 Å². The zero-order valence-electron chi connectivity index (χ0n) is 33.0. The van der Waals surface area contributed by atoms with Crippen LogP contribution in [0.2, 0.25) is 5.02 Å². The lowest BCUT2D eigenvalue weighted by molar-refractivity contribution is -0.0391. The summed E-state index contributed by atoms with van der Waals surface area (Å²) in [4.78, 5) is 24.3. The predicted molar refractivity (Wildman–Crippen MR) is 224 cm³/mol. The van der Waals surface area contributed by atoms with Gasteiger partial charge in [0.1, 0.15) is 34.3 Å². The zero-order chi connectivity index (χ0) is 40.1. The highest BCUT2D eigenvalue weighted by atomic mass is 35.5. The number of thiophene rings is 1. The van der Waals surface area contributed by atoms with E-state index in [1.165, 1.54) is 10.4 Å². The normalized spacial score (nSPS) is 22.8. The Morgan fingerprint density at radius 3 is 2.52 bits per heavy atom. The number of aliphatic imine (C=N–C) groups is 1. The van der Waals surface area contributed by atoms with Crippen molar-refractivity contribution in [3.05, 3.63) is 104 Å². The van der Waals surface area contributed by atoms with Gasteiger partial charge >= 0.3 is 0 Å². The van der Waals surface area contributed by atoms with Crippen molar-refractivity contribution in [1.29, 1.82) is 5.26 Å². The quantitative estimate of drug-likeness (QED) is 0.181. The number of nitrogens with one attached hydrogen (secondary N) is 1. The maximum absolute atomic E-state index is 13.2. The Kier molecular flexibility index (Phi) is 10.2. The van der Waals surface area contributed by atoms with Crippen molar-refractivity contribution >= 4 is 46.1 Å². The molecule has 3 fully saturated rings. The minimum atomic E-state index is -0.336. The number of ether oxygens (including phenoxy) is 2. The molecular weight excluding hydrogens is 772 g/mol. The summed E-state index contributed by atoms with van der Waals surface area (Å²) in [5, 5.41) is 31.5. The molecule has 13 nitrogen and oxygen atoms in total. The van der Waals surface area contributed by atoms with Crippen LogP contribution in [0, 0.1) is 32.1 Å². The van der Waals surface area contributed by atoms with Crippen LogP contribution in [-0.4, -0.2) is 87.1 Å². The van der Waals surface area contributed by atoms with Crippen LogP contribution >= 0.6 is 22.9 Å². The summed E-state index contributed by atoms with van der Waals surface area (Å²) in [5.41, 5.74) is 6.04. The number of carbonyl (C=O) groups is 1. The van der Waals surface area contributed by atoms with Crippen LogP contribution in [0.15, 0.2) is 59.6 Å². The Balaban J connectivity index is 0.806. The summed E-state index contributed by atoms with van der Waals surface area (Å²) in [6, 6.07) is 19.5. The van der Waals surface area contributed by atoms with E-state index in [0.29, 0.717) is 35.2 Å². The van der Waals surface area contributed by atoms with Gasteiger partial charge in [0.25, 0.3) is 5.91 Å². The molecular formula is C43H45ClN10O3S. The van der Waals surface area contributed by atoms with Crippen LogP contribution in [0.25, 0.3) is 5.00 Å². The Bertz CT molecular complexity index is 2430. The average Bonchev–Trinajstić information content (AvgIpc) is 3.89. The van der Waals surface area contributed by atoms with E-state index in [2.05, 4.69) is 91.2 Å². The first-order valence-electron chi connectivity index (χ1n) is 19.9. The molecule has 58 heavy (non-hydrogen) atoms. The molecule has 1 amide bonds. The Morgan fingerprint density at radius 2 is 1.78 bits per heavy atom. The molecule has 2 saturated heterocycles. The summed E-state index contributed by atoms with van der Waals surface area (Å²) in [5.74, 6) is 2.91. The highest BCUT2D eigenvalue weighted by molar-refractivity contribution is 7.15. The number of fused-ring (bicyclic) bond motifs is 3. The number of rotatable bonds is 7. The fraction of sp³-hybridized carbons (Fsp3) is 0.419. The van der Waals surface area contributed by atoms with E-state index in [4.69, 9.17) is 31.3 Å². The Morgan fingerprint density at radius 1 is 0.983 bits per heavy atom. The minimum absolute atomic E-state index is 0.0242. The fourth-order valence-corrected chi connectivity index (χ4v) is 10.1. The Labute approximate surface area is 346 Å². The number of morpholine rings is 1. The van der Waals surface area contributed by atoms with Gasteiger partial charge < -0.3 is 24.6 Å². The third-order valence-corrected chi connectivity index (χ3v) is 13.5. The molecule has 6 heterocycles. The van der Waals surface area contributed by atoms with E-state index in [9.17, 15) is 4.79 Å². The van der Waals surface area contributed by atoms with E-state index in [0.717, 1.165) is 96.7 Å². The summed E-state index contributed by atoms with van der Waals surface area (Å²) in [6.45, 7) is 12.1. The number of hydrogen-bond donors (Lipinski definition) is 1. The number of anilines is 2. The van der Waals surface area contributed by atoms with Gasteiger partial charge in [-0.2, -0.15) is 5.26 Å². The second-order valence-corrected chi connectivity index (χ2v) is 17.4. The molecule has 1 N–H and O–H groups in total. The van der Waals surface area contributed by atoms with Crippen molar-refractivity contribution in [3.63, 3.8) is 0 Å². The van der Waals surface area contributed by atoms with Gasteiger partial charge in [0.2, 0.25) is 0 Å². The molecule has 3 aromatic heterocycles. The molecule has 2 atom stereocenters. The van der Waals surface area contributed by atoms with Gasteiger partial charge in [-0.1, -0.05) is 23.7 Å². The van der Waals surface area contributed by atoms with E-state index < -0.39 is 0 Å². The summed E-state index contributed by atoms with van der Waals surface area (Å²) in [6.07, 6.45) is 4.07. The average molecular weight is 817 g/mol. The van der Waals surface area contributed by atoms with Crippen molar-refractivity contribution in [2.24, 2.45) is 4.99 Å². The van der Waals surface area contributed by atoms with Gasteiger partial charge in [-0.3, -0.25) is 14.4 Å². The molecule has 3 aliphatic heterocycles. The highest BCUT2D eigenvalue weighted by Gasteiger charge is 2.43. The summed E-state index contributed by atoms with van der Waals surface area (Å²) < 4.78 is 14.8. The number of amides is 1. The van der Waals surface area contributed by atoms with Gasteiger partial charge in [0.05, 0.1) is 35.6 Å². The molecule has 15 heteroatoms. The second kappa shape index (κ2) is 15.4. The number of nitriles is 1. The molecule has 5 aromatic rings. The molecule has 1 spiro atoms. The number of hydrogen-bond acceptors (Lipinski definition) is 12. The smallest absolute Gasteiger partial charge is 0.272 e. The van der Waals surface area contributed by atoms with Crippen molar-refractivity contribution in [1.82, 2.24) is 30.3 Å². The number of aromatic nitrogens is 5. The van der Waals surface area contributed by atoms with Crippen LogP contribution < -0.4 is 19.9 Å². The number of aryl methyl sites for hydroxylation is 2. The van der Waals surface area contributed by atoms with Crippen LogP contribution in [0.3, 0.4) is 0 Å². The number of halogens is 1. The number of nitrogens with zero attached hydrogens (tertiary/aromatic N) is 9. The standard InChI is InChI=1S/C43H45ClN10O3S/c1-25-27(3)58-42-38(25)39(46-26(2)40-51-48-28(4)54(40)42)29-5-10-32(11-6-29)52-19-20-56-43(23-52)17-18-53(24-43)37-16-15-36(49-50-37)41(55)47-31-8-13-33(14-9-31)57-34-12-7-30(22-45)35(44)21-34/h5-7,10-12,15-16,21,26,31,33H,8-9,13-14,17-20,23-24H2,1-4H3,(H,47,55)/t26-,31?,33?,43?/m0/s1. The molecule has 298 valence electrons. The van der Waals surface area contributed by atoms with E-state index >= 15 is 0 Å². The van der Waals surface area contributed by atoms with Crippen LogP contribution in [0.4, 0.5) is 11.5 Å². The number of benzene rings is 2. The summed E-state index contributed by atoms with van der Waals surface area (Å²) >= 11 is 7.94. The van der Waals surface area contributed by atoms with E-state index in [-0.39, 0.29) is 29.7 Å². The monoisotopic (exact) mass is 816 g/mol. The molecule has 0 radical (unpaired) electrons. The predicted octanol–water partition coefficient (Wildman–Crippen LogP) is 7.09. The fourth-order valence-electron chi connectivity index (χ4n) is 8.71. The van der Waals surface area contributed by atoms with Crippen molar-refractivity contribution in [2.45, 2.75) is 83.6 Å². The van der Waals surface area contributed by atoms with Crippen LogP contribution in [0.5, 0.6) is 5.75 Å². The molecule has 2 aromatic carbocycles. The maximum Gasteiger partial charge on any atom is 0.272 e. The van der Waals surface area contributed by atoms with Crippen molar-refractivity contribution in [3.8, 4) is 16.8 Å². The van der Waals surface area contributed by atoms with Crippen molar-refractivity contribution in [2.75, 3.05) is 42.6 Å². The highest BCUT2D eigenvalue weighted by Crippen LogP contribution is 2.39. The zero-order valence-corrected chi connectivity index (χ0v) is 34.6. The molecule has 4 aliphatic rings. The molecule has 0 bridgehead atoms. The van der Waals surface area contributed by atoms with Crippen LogP contribution in [0.1, 0.15) is 94.3 Å². The molecule has 1 unspecified atom stereocenters. The lowest BCUT2D eigenvalue weighted by Crippen LogP contribution is -2.53. The molecule has 1 aliphatic carbocycles. The SMILES string of the molecule is Cc1sc2c(c1C)C(c1ccc(N3CCOC4(CCN(c5ccc(C(=O)NC6CCC(Oc7ccc(C#N)c(Cl)c7)CC6)nn5)C4)C3)cc1)=N[C@@H](C)c1nnc(C)n1-2. The summed E-state index contributed by atoms with van der Waals surface area (Å²) in [7, 11) is 0. The first-order valence-corrected chi connectivity index (χ1v) is 21.1. The first kappa shape index (κ1) is 38.2. The molecule has 1 saturated carbocycles. The lowest BCUT2D eigenvalue weighted by Gasteiger charge is -2.41. The van der Waals surface area contributed by atoms with E-state index in [1.807, 2.05) is 13.0 Å². The van der Waals surface area contributed by atoms with Gasteiger partial charge in [-0.05, 0) is 102 Å². The van der Waals surface area contributed by atoms with Gasteiger partial charge in [0.15, 0.2) is 17.3 Å². The first-order chi connectivity index (χ1) is 28.1. The maximum atomic E-state index is 13.2. The minimum Gasteiger partial charge on any atom is -0.490 e. The van der Waals surface area contributed by atoms with Crippen LogP contribution in [-0.2, 0) is 4.74 Å². The van der Waals surface area contributed by atoms with Gasteiger partial charge in [-0.15, -0.1) is 31.7 Å². The van der Waals surface area contributed by atoms with Gasteiger partial charge in [-0.25, -0.2) is 0 Å². The van der Waals surface area contributed by atoms with Crippen molar-refractivity contribution < 1.29 is 14.3 Å². The largest absolute Gasteiger partial charge is 0.490 e. The third kappa shape index (κ3) is 7.20. The third-order valence-electron chi connectivity index (χ3n) is 12.0. The Hall–Kier alpha value is -5.36. The number of carbonyl (C=O) groups excluding carboxylic acids is 1. The van der Waals surface area contributed by atoms with E-state index in [1.54, 1.807) is 35.6 Å². The second-order valence-electron chi connectivity index (χ2n) is 15.8. The van der Waals surface area contributed by atoms with Gasteiger partial charge in [0, 0.05) is 53.4 Å². The lowest BCUT2D eigenvalue weighted by atomic mass is 9.93. The molecule has 9 rings (SSSR count).